The van der Waals surface area contributed by atoms with Gasteiger partial charge in [0.25, 0.3) is 0 Å². The molecule has 5 heteroatoms. The van der Waals surface area contributed by atoms with Gasteiger partial charge in [0.05, 0.1) is 19.9 Å². The van der Waals surface area contributed by atoms with Gasteiger partial charge in [-0.15, -0.1) is 0 Å². The van der Waals surface area contributed by atoms with E-state index < -0.39 is 0 Å². The van der Waals surface area contributed by atoms with E-state index in [2.05, 4.69) is 21.7 Å². The highest BCUT2D eigenvalue weighted by Crippen LogP contribution is 2.18. The number of guanidine groups is 1. The lowest BCUT2D eigenvalue weighted by Gasteiger charge is -2.12. The highest BCUT2D eigenvalue weighted by molar-refractivity contribution is 5.79. The molecule has 0 atom stereocenters. The van der Waals surface area contributed by atoms with E-state index in [4.69, 9.17) is 9.15 Å². The Morgan fingerprint density at radius 2 is 2.05 bits per heavy atom. The van der Waals surface area contributed by atoms with Gasteiger partial charge in [0.2, 0.25) is 0 Å². The van der Waals surface area contributed by atoms with Gasteiger partial charge in [-0.05, 0) is 36.2 Å². The molecular formula is C16H21N3O2. The minimum Gasteiger partial charge on any atom is -0.496 e. The number of benzene rings is 1. The summed E-state index contributed by atoms with van der Waals surface area (Å²) in [6.45, 7) is 3.34. The monoisotopic (exact) mass is 287 g/mol. The molecule has 0 amide bonds. The van der Waals surface area contributed by atoms with E-state index in [-0.39, 0.29) is 0 Å². The van der Waals surface area contributed by atoms with Crippen molar-refractivity contribution in [3.8, 4) is 5.75 Å². The zero-order valence-electron chi connectivity index (χ0n) is 12.6. The number of hydrogen-bond donors (Lipinski definition) is 2. The maximum absolute atomic E-state index is 5.27. The summed E-state index contributed by atoms with van der Waals surface area (Å²) in [5.74, 6) is 2.51. The molecule has 1 aromatic carbocycles. The van der Waals surface area contributed by atoms with Crippen LogP contribution in [0.4, 0.5) is 0 Å². The molecule has 2 N–H and O–H groups in total. The second-order valence-electron chi connectivity index (χ2n) is 4.66. The lowest BCUT2D eigenvalue weighted by Crippen LogP contribution is -2.36. The van der Waals surface area contributed by atoms with E-state index in [9.17, 15) is 0 Å². The number of nitrogens with one attached hydrogen (secondary N) is 2. The second-order valence-corrected chi connectivity index (χ2v) is 4.66. The summed E-state index contributed by atoms with van der Waals surface area (Å²) in [4.78, 5) is 4.19. The highest BCUT2D eigenvalue weighted by atomic mass is 16.5. The Kier molecular flexibility index (Phi) is 5.26. The van der Waals surface area contributed by atoms with Crippen LogP contribution < -0.4 is 15.4 Å². The summed E-state index contributed by atoms with van der Waals surface area (Å²) in [5.41, 5.74) is 2.30. The third kappa shape index (κ3) is 4.27. The molecule has 0 aliphatic rings. The van der Waals surface area contributed by atoms with Crippen molar-refractivity contribution in [1.29, 1.82) is 0 Å². The van der Waals surface area contributed by atoms with E-state index >= 15 is 0 Å². The molecule has 2 rings (SSSR count). The van der Waals surface area contributed by atoms with Crippen molar-refractivity contribution in [3.05, 3.63) is 53.5 Å². The van der Waals surface area contributed by atoms with Crippen LogP contribution in [0, 0.1) is 6.92 Å². The van der Waals surface area contributed by atoms with Gasteiger partial charge < -0.3 is 19.8 Å². The molecule has 5 nitrogen and oxygen atoms in total. The van der Waals surface area contributed by atoms with Crippen LogP contribution in [0.15, 0.2) is 46.0 Å². The molecule has 0 aliphatic carbocycles. The molecule has 0 bridgehead atoms. The summed E-state index contributed by atoms with van der Waals surface area (Å²) >= 11 is 0. The zero-order chi connectivity index (χ0) is 15.1. The lowest BCUT2D eigenvalue weighted by molar-refractivity contribution is 0.411. The van der Waals surface area contributed by atoms with Crippen molar-refractivity contribution >= 4 is 5.96 Å². The normalized spacial score (nSPS) is 11.3. The molecule has 112 valence electrons. The third-order valence-electron chi connectivity index (χ3n) is 3.15. The molecule has 0 aliphatic heterocycles. The summed E-state index contributed by atoms with van der Waals surface area (Å²) in [5, 5.41) is 6.47. The largest absolute Gasteiger partial charge is 0.496 e. The molecule has 0 saturated heterocycles. The van der Waals surface area contributed by atoms with E-state index in [0.717, 1.165) is 23.0 Å². The summed E-state index contributed by atoms with van der Waals surface area (Å²) in [7, 11) is 3.43. The molecule has 0 radical (unpaired) electrons. The van der Waals surface area contributed by atoms with Gasteiger partial charge in [-0.1, -0.05) is 12.1 Å². The smallest absolute Gasteiger partial charge is 0.191 e. The Morgan fingerprint density at radius 3 is 2.67 bits per heavy atom. The van der Waals surface area contributed by atoms with E-state index in [1.807, 2.05) is 31.2 Å². The van der Waals surface area contributed by atoms with Gasteiger partial charge in [-0.25, -0.2) is 0 Å². The molecule has 0 spiro atoms. The first-order valence-corrected chi connectivity index (χ1v) is 6.83. The number of hydrogen-bond acceptors (Lipinski definition) is 3. The van der Waals surface area contributed by atoms with Gasteiger partial charge >= 0.3 is 0 Å². The predicted octanol–water partition coefficient (Wildman–Crippen LogP) is 2.46. The second kappa shape index (κ2) is 7.38. The predicted molar refractivity (Wildman–Crippen MR) is 83.5 cm³/mol. The first-order valence-electron chi connectivity index (χ1n) is 6.83. The quantitative estimate of drug-likeness (QED) is 0.655. The Morgan fingerprint density at radius 1 is 1.24 bits per heavy atom. The minimum absolute atomic E-state index is 0.605. The van der Waals surface area contributed by atoms with Gasteiger partial charge in [-0.3, -0.25) is 4.99 Å². The molecule has 1 heterocycles. The van der Waals surface area contributed by atoms with Crippen molar-refractivity contribution < 1.29 is 9.15 Å². The van der Waals surface area contributed by atoms with Crippen LogP contribution in [0.5, 0.6) is 5.75 Å². The standard InChI is InChI=1S/C16H21N3O2/c1-12-9-13(6-7-15(12)20-3)10-18-16(17-2)19-11-14-5-4-8-21-14/h4-9H,10-11H2,1-3H3,(H2,17,18,19). The van der Waals surface area contributed by atoms with Crippen LogP contribution >= 0.6 is 0 Å². The maximum atomic E-state index is 5.27. The van der Waals surface area contributed by atoms with Crippen LogP contribution in [0.3, 0.4) is 0 Å². The Labute approximate surface area is 125 Å². The summed E-state index contributed by atoms with van der Waals surface area (Å²) in [6.07, 6.45) is 1.66. The molecule has 0 unspecified atom stereocenters. The van der Waals surface area contributed by atoms with Crippen molar-refractivity contribution in [2.75, 3.05) is 14.2 Å². The number of methoxy groups -OCH3 is 1. The fourth-order valence-corrected chi connectivity index (χ4v) is 2.04. The Bertz CT molecular complexity index is 592. The van der Waals surface area contributed by atoms with Crippen molar-refractivity contribution in [3.63, 3.8) is 0 Å². The molecule has 0 saturated carbocycles. The fourth-order valence-electron chi connectivity index (χ4n) is 2.04. The zero-order valence-corrected chi connectivity index (χ0v) is 12.6. The first kappa shape index (κ1) is 15.0. The molecule has 21 heavy (non-hydrogen) atoms. The number of nitrogens with zero attached hydrogens (tertiary/aromatic N) is 1. The summed E-state index contributed by atoms with van der Waals surface area (Å²) in [6, 6.07) is 9.91. The van der Waals surface area contributed by atoms with Crippen LogP contribution in [-0.4, -0.2) is 20.1 Å². The van der Waals surface area contributed by atoms with Crippen LogP contribution in [-0.2, 0) is 13.1 Å². The fraction of sp³-hybridized carbons (Fsp3) is 0.312. The number of rotatable bonds is 5. The van der Waals surface area contributed by atoms with Crippen LogP contribution in [0.1, 0.15) is 16.9 Å². The van der Waals surface area contributed by atoms with Gasteiger partial charge in [0.1, 0.15) is 11.5 Å². The number of ether oxygens (including phenoxy) is 1. The van der Waals surface area contributed by atoms with Crippen molar-refractivity contribution in [2.45, 2.75) is 20.0 Å². The number of aliphatic imine (C=N–C) groups is 1. The van der Waals surface area contributed by atoms with Gasteiger partial charge in [0, 0.05) is 13.6 Å². The Hall–Kier alpha value is -2.43. The van der Waals surface area contributed by atoms with E-state index in [0.29, 0.717) is 13.1 Å². The SMILES string of the molecule is CN=C(NCc1ccc(OC)c(C)c1)NCc1ccco1. The molecular weight excluding hydrogens is 266 g/mol. The average Bonchev–Trinajstić information content (AvgIpc) is 3.01. The first-order chi connectivity index (χ1) is 10.2. The average molecular weight is 287 g/mol. The topological polar surface area (TPSA) is 58.8 Å². The Balaban J connectivity index is 1.86. The minimum atomic E-state index is 0.605. The highest BCUT2D eigenvalue weighted by Gasteiger charge is 2.02. The van der Waals surface area contributed by atoms with Crippen LogP contribution in [0.2, 0.25) is 0 Å². The molecule has 0 fully saturated rings. The van der Waals surface area contributed by atoms with Gasteiger partial charge in [0.15, 0.2) is 5.96 Å². The summed E-state index contributed by atoms with van der Waals surface area (Å²) < 4.78 is 10.5. The van der Waals surface area contributed by atoms with Crippen LogP contribution in [0.25, 0.3) is 0 Å². The van der Waals surface area contributed by atoms with Gasteiger partial charge in [-0.2, -0.15) is 0 Å². The van der Waals surface area contributed by atoms with E-state index in [1.54, 1.807) is 20.4 Å². The molecule has 1 aromatic heterocycles. The maximum Gasteiger partial charge on any atom is 0.191 e. The van der Waals surface area contributed by atoms with Crippen molar-refractivity contribution in [2.24, 2.45) is 4.99 Å². The third-order valence-corrected chi connectivity index (χ3v) is 3.15. The molecule has 2 aromatic rings. The number of furan rings is 1. The van der Waals surface area contributed by atoms with Crippen molar-refractivity contribution in [1.82, 2.24) is 10.6 Å². The van der Waals surface area contributed by atoms with E-state index in [1.165, 1.54) is 5.56 Å². The lowest BCUT2D eigenvalue weighted by atomic mass is 10.1. The number of aryl methyl sites for hydroxylation is 1.